The fourth-order valence-electron chi connectivity index (χ4n) is 4.11. The first-order chi connectivity index (χ1) is 16.4. The van der Waals surface area contributed by atoms with Crippen LogP contribution in [0.1, 0.15) is 24.8 Å². The Morgan fingerprint density at radius 3 is 2.44 bits per heavy atom. The zero-order valence-electron chi connectivity index (χ0n) is 18.3. The van der Waals surface area contributed by atoms with Crippen LogP contribution in [0.4, 0.5) is 10.2 Å². The van der Waals surface area contributed by atoms with Crippen LogP contribution in [0, 0.1) is 5.82 Å². The molecule has 0 spiro atoms. The summed E-state index contributed by atoms with van der Waals surface area (Å²) in [6.07, 6.45) is 4.70. The number of imidazole rings is 1. The third-order valence-electron chi connectivity index (χ3n) is 5.88. The first kappa shape index (κ1) is 22.7. The third kappa shape index (κ3) is 4.48. The van der Waals surface area contributed by atoms with Gasteiger partial charge in [0.1, 0.15) is 17.3 Å². The summed E-state index contributed by atoms with van der Waals surface area (Å²) in [5.74, 6) is -0.0961. The fourth-order valence-corrected chi connectivity index (χ4v) is 6.34. The molecule has 1 aliphatic heterocycles. The van der Waals surface area contributed by atoms with E-state index in [9.17, 15) is 17.6 Å². The first-order valence-corrected chi connectivity index (χ1v) is 13.3. The monoisotopic (exact) mass is 498 g/mol. The maximum absolute atomic E-state index is 13.4. The molecule has 0 saturated carbocycles. The molecule has 34 heavy (non-hydrogen) atoms. The van der Waals surface area contributed by atoms with E-state index in [-0.39, 0.29) is 23.0 Å². The Bertz CT molecular complexity index is 1420. The Morgan fingerprint density at radius 2 is 1.74 bits per heavy atom. The normalized spacial score (nSPS) is 15.0. The number of piperidine rings is 1. The first-order valence-electron chi connectivity index (χ1n) is 11.0. The summed E-state index contributed by atoms with van der Waals surface area (Å²) >= 11 is 1.43. The number of halogens is 1. The molecule has 0 radical (unpaired) electrons. The van der Waals surface area contributed by atoms with Crippen molar-refractivity contribution in [3.63, 3.8) is 0 Å². The Labute approximate surface area is 200 Å². The molecule has 176 valence electrons. The molecule has 0 unspecified atom stereocenters. The maximum atomic E-state index is 13.4. The van der Waals surface area contributed by atoms with Gasteiger partial charge in [0.05, 0.1) is 11.3 Å². The van der Waals surface area contributed by atoms with E-state index in [0.29, 0.717) is 40.7 Å². The fraction of sp³-hybridized carbons (Fsp3) is 0.250. The van der Waals surface area contributed by atoms with Crippen molar-refractivity contribution in [3.8, 4) is 11.3 Å². The van der Waals surface area contributed by atoms with E-state index < -0.39 is 10.0 Å². The largest absolute Gasteiger partial charge is 0.310 e. The number of benzene rings is 2. The molecule has 0 atom stereocenters. The number of hydrogen-bond donors (Lipinski definition) is 1. The van der Waals surface area contributed by atoms with Crippen molar-refractivity contribution in [1.82, 2.24) is 13.7 Å². The van der Waals surface area contributed by atoms with E-state index in [4.69, 9.17) is 0 Å². The number of carbonyl (C=O) groups is 1. The van der Waals surface area contributed by atoms with Crippen molar-refractivity contribution >= 4 is 38.0 Å². The third-order valence-corrected chi connectivity index (χ3v) is 8.55. The molecule has 0 aliphatic carbocycles. The van der Waals surface area contributed by atoms with Gasteiger partial charge in [-0.3, -0.25) is 9.20 Å². The van der Waals surface area contributed by atoms with Crippen LogP contribution < -0.4 is 5.32 Å². The van der Waals surface area contributed by atoms with Gasteiger partial charge in [0.25, 0.3) is 0 Å². The Balaban J connectivity index is 1.33. The molecule has 10 heteroatoms. The number of nitrogens with zero attached hydrogens (tertiary/aromatic N) is 3. The zero-order chi connectivity index (χ0) is 23.7. The van der Waals surface area contributed by atoms with E-state index in [1.54, 1.807) is 40.8 Å². The number of carbonyl (C=O) groups excluding carboxylic acids is 1. The van der Waals surface area contributed by atoms with Crippen LogP contribution in [-0.4, -0.2) is 41.1 Å². The molecule has 1 fully saturated rings. The SMILES string of the molecule is O=C(Cc1ccc(S(=O)(=O)N2CCCCC2)cc1)Nc1c(-c2ccc(F)cc2)nc2sccn12. The Morgan fingerprint density at radius 1 is 1.03 bits per heavy atom. The molecule has 3 heterocycles. The summed E-state index contributed by atoms with van der Waals surface area (Å²) in [6.45, 7) is 1.09. The quantitative estimate of drug-likeness (QED) is 0.423. The minimum Gasteiger partial charge on any atom is -0.310 e. The summed E-state index contributed by atoms with van der Waals surface area (Å²) in [5.41, 5.74) is 1.95. The number of hydrogen-bond acceptors (Lipinski definition) is 5. The molecule has 5 rings (SSSR count). The lowest BCUT2D eigenvalue weighted by Gasteiger charge is -2.25. The Kier molecular flexibility index (Phi) is 6.20. The second-order valence-corrected chi connectivity index (χ2v) is 11.0. The molecule has 0 bridgehead atoms. The van der Waals surface area contributed by atoms with Gasteiger partial charge in [-0.1, -0.05) is 18.6 Å². The molecule has 1 N–H and O–H groups in total. The number of sulfonamides is 1. The van der Waals surface area contributed by atoms with Gasteiger partial charge in [-0.25, -0.2) is 17.8 Å². The van der Waals surface area contributed by atoms with Crippen LogP contribution >= 0.6 is 11.3 Å². The minimum absolute atomic E-state index is 0.0737. The predicted molar refractivity (Wildman–Crippen MR) is 130 cm³/mol. The van der Waals surface area contributed by atoms with E-state index in [0.717, 1.165) is 19.3 Å². The molecule has 4 aromatic rings. The van der Waals surface area contributed by atoms with E-state index in [1.807, 2.05) is 11.6 Å². The minimum atomic E-state index is -3.51. The standard InChI is InChI=1S/C24H23FN4O3S2/c25-19-8-6-18(7-9-19)22-23(29-14-15-33-24(29)27-22)26-21(30)16-17-4-10-20(11-5-17)34(31,32)28-12-2-1-3-13-28/h4-11,14-15H,1-3,12-13,16H2,(H,26,30). The maximum Gasteiger partial charge on any atom is 0.243 e. The van der Waals surface area contributed by atoms with Crippen LogP contribution in [0.5, 0.6) is 0 Å². The molecule has 1 aliphatic rings. The van der Waals surface area contributed by atoms with Crippen LogP contribution in [-0.2, 0) is 21.2 Å². The van der Waals surface area contributed by atoms with Gasteiger partial charge in [0, 0.05) is 30.2 Å². The van der Waals surface area contributed by atoms with Gasteiger partial charge in [0.15, 0.2) is 4.96 Å². The summed E-state index contributed by atoms with van der Waals surface area (Å²) in [5, 5.41) is 4.79. The number of amides is 1. The number of aromatic nitrogens is 2. The van der Waals surface area contributed by atoms with Crippen LogP contribution in [0.2, 0.25) is 0 Å². The summed E-state index contributed by atoms with van der Waals surface area (Å²) in [7, 11) is -3.51. The van der Waals surface area contributed by atoms with Gasteiger partial charge in [-0.05, 0) is 54.8 Å². The lowest BCUT2D eigenvalue weighted by Crippen LogP contribution is -2.35. The van der Waals surface area contributed by atoms with Crippen LogP contribution in [0.3, 0.4) is 0 Å². The second kappa shape index (κ2) is 9.28. The number of anilines is 1. The highest BCUT2D eigenvalue weighted by Gasteiger charge is 2.26. The lowest BCUT2D eigenvalue weighted by molar-refractivity contribution is -0.115. The molecular weight excluding hydrogens is 475 g/mol. The summed E-state index contributed by atoms with van der Waals surface area (Å²) in [4.78, 5) is 18.4. The molecule has 2 aromatic carbocycles. The van der Waals surface area contributed by atoms with Gasteiger partial charge >= 0.3 is 0 Å². The number of thiazole rings is 1. The topological polar surface area (TPSA) is 83.8 Å². The summed E-state index contributed by atoms with van der Waals surface area (Å²) in [6, 6.07) is 12.4. The average Bonchev–Trinajstić information content (AvgIpc) is 3.43. The highest BCUT2D eigenvalue weighted by molar-refractivity contribution is 7.89. The van der Waals surface area contributed by atoms with Crippen molar-refractivity contribution in [3.05, 3.63) is 71.5 Å². The molecule has 1 saturated heterocycles. The molecule has 7 nitrogen and oxygen atoms in total. The molecular formula is C24H23FN4O3S2. The van der Waals surface area contributed by atoms with Crippen molar-refractivity contribution < 1.29 is 17.6 Å². The lowest BCUT2D eigenvalue weighted by atomic mass is 10.1. The van der Waals surface area contributed by atoms with Crippen molar-refractivity contribution in [2.24, 2.45) is 0 Å². The Hall–Kier alpha value is -3.08. The highest BCUT2D eigenvalue weighted by Crippen LogP contribution is 2.31. The number of fused-ring (bicyclic) bond motifs is 1. The average molecular weight is 499 g/mol. The number of rotatable bonds is 6. The van der Waals surface area contributed by atoms with Gasteiger partial charge < -0.3 is 5.32 Å². The van der Waals surface area contributed by atoms with Gasteiger partial charge in [-0.15, -0.1) is 11.3 Å². The van der Waals surface area contributed by atoms with E-state index in [2.05, 4.69) is 10.3 Å². The second-order valence-electron chi connectivity index (χ2n) is 8.21. The van der Waals surface area contributed by atoms with Crippen molar-refractivity contribution in [2.75, 3.05) is 18.4 Å². The van der Waals surface area contributed by atoms with Gasteiger partial charge in [-0.2, -0.15) is 4.31 Å². The van der Waals surface area contributed by atoms with E-state index >= 15 is 0 Å². The summed E-state index contributed by atoms with van der Waals surface area (Å²) < 4.78 is 42.4. The van der Waals surface area contributed by atoms with E-state index in [1.165, 1.54) is 27.8 Å². The molecule has 1 amide bonds. The van der Waals surface area contributed by atoms with Crippen molar-refractivity contribution in [2.45, 2.75) is 30.6 Å². The molecule has 2 aromatic heterocycles. The van der Waals surface area contributed by atoms with Crippen LogP contribution in [0.25, 0.3) is 16.2 Å². The smallest absolute Gasteiger partial charge is 0.243 e. The van der Waals surface area contributed by atoms with Crippen molar-refractivity contribution in [1.29, 1.82) is 0 Å². The predicted octanol–water partition coefficient (Wildman–Crippen LogP) is 4.56. The zero-order valence-corrected chi connectivity index (χ0v) is 19.9. The van der Waals surface area contributed by atoms with Gasteiger partial charge in [0.2, 0.25) is 15.9 Å². The number of nitrogens with one attached hydrogen (secondary N) is 1. The van der Waals surface area contributed by atoms with Crippen LogP contribution in [0.15, 0.2) is 65.0 Å². The highest BCUT2D eigenvalue weighted by atomic mass is 32.2.